The summed E-state index contributed by atoms with van der Waals surface area (Å²) >= 11 is 0. The number of hydrogen-bond donors (Lipinski definition) is 3. The van der Waals surface area contributed by atoms with Crippen LogP contribution >= 0.6 is 0 Å². The molecule has 0 radical (unpaired) electrons. The van der Waals surface area contributed by atoms with Crippen LogP contribution in [0, 0.1) is 0 Å². The highest BCUT2D eigenvalue weighted by Crippen LogP contribution is 2.10. The molecule has 0 aliphatic carbocycles. The monoisotopic (exact) mass is 253 g/mol. The smallest absolute Gasteiger partial charge is 0.307 e. The fourth-order valence-electron chi connectivity index (χ4n) is 1.35. The topological polar surface area (TPSA) is 102 Å². The zero-order chi connectivity index (χ0) is 13.4. The lowest BCUT2D eigenvalue weighted by Crippen LogP contribution is -2.14. The molecule has 0 aliphatic rings. The first-order chi connectivity index (χ1) is 8.69. The van der Waals surface area contributed by atoms with E-state index in [2.05, 4.69) is 20.7 Å². The molecule has 4 N–H and O–H groups in total. The second-order valence-electron chi connectivity index (χ2n) is 3.53. The highest BCUT2D eigenvalue weighted by molar-refractivity contribution is 5.70. The molecule has 0 unspecified atom stereocenters. The molecule has 0 atom stereocenters. The van der Waals surface area contributed by atoms with Crippen molar-refractivity contribution in [2.75, 3.05) is 23.9 Å². The molecule has 100 valence electrons. The quantitative estimate of drug-likeness (QED) is 0.373. The number of anilines is 2. The van der Waals surface area contributed by atoms with Gasteiger partial charge in [-0.25, -0.2) is 15.8 Å². The number of hydrogen-bond acceptors (Lipinski definition) is 7. The van der Waals surface area contributed by atoms with Gasteiger partial charge in [-0.05, 0) is 6.92 Å². The molecule has 0 spiro atoms. The number of rotatable bonds is 7. The van der Waals surface area contributed by atoms with Gasteiger partial charge < -0.3 is 15.5 Å². The van der Waals surface area contributed by atoms with Crippen molar-refractivity contribution in [2.24, 2.45) is 5.84 Å². The van der Waals surface area contributed by atoms with E-state index in [1.807, 2.05) is 6.92 Å². The highest BCUT2D eigenvalue weighted by atomic mass is 16.5. The molecule has 0 bridgehead atoms. The van der Waals surface area contributed by atoms with Gasteiger partial charge in [-0.3, -0.25) is 4.79 Å². The fraction of sp³-hybridized carbons (Fsp3) is 0.545. The molecule has 0 aliphatic heterocycles. The van der Waals surface area contributed by atoms with Gasteiger partial charge in [-0.2, -0.15) is 0 Å². The third-order valence-electron chi connectivity index (χ3n) is 2.18. The molecule has 7 heteroatoms. The maximum absolute atomic E-state index is 11.2. The van der Waals surface area contributed by atoms with Crippen LogP contribution in [0.5, 0.6) is 0 Å². The van der Waals surface area contributed by atoms with Crippen LogP contribution in [0.25, 0.3) is 0 Å². The predicted octanol–water partition coefficient (Wildman–Crippen LogP) is 0.690. The number of carbonyl (C=O) groups excluding carboxylic acids is 1. The maximum atomic E-state index is 11.2. The van der Waals surface area contributed by atoms with E-state index in [4.69, 9.17) is 10.6 Å². The van der Waals surface area contributed by atoms with E-state index in [1.165, 1.54) is 0 Å². The van der Waals surface area contributed by atoms with Gasteiger partial charge >= 0.3 is 5.97 Å². The Balaban J connectivity index is 2.53. The predicted molar refractivity (Wildman–Crippen MR) is 69.0 cm³/mol. The molecule has 1 aromatic heterocycles. The van der Waals surface area contributed by atoms with Crippen LogP contribution in [0.15, 0.2) is 6.07 Å². The lowest BCUT2D eigenvalue weighted by Gasteiger charge is -2.08. The third kappa shape index (κ3) is 4.54. The maximum Gasteiger partial charge on any atom is 0.307 e. The van der Waals surface area contributed by atoms with E-state index in [1.54, 1.807) is 13.0 Å². The van der Waals surface area contributed by atoms with Gasteiger partial charge in [0.15, 0.2) is 0 Å². The Morgan fingerprint density at radius 2 is 2.11 bits per heavy atom. The zero-order valence-electron chi connectivity index (χ0n) is 10.7. The van der Waals surface area contributed by atoms with Gasteiger partial charge in [0.05, 0.1) is 13.0 Å². The lowest BCUT2D eigenvalue weighted by atomic mass is 10.4. The van der Waals surface area contributed by atoms with E-state index in [0.29, 0.717) is 43.5 Å². The van der Waals surface area contributed by atoms with Crippen LogP contribution in [-0.2, 0) is 16.0 Å². The summed E-state index contributed by atoms with van der Waals surface area (Å²) in [5.41, 5.74) is 2.48. The largest absolute Gasteiger partial charge is 0.466 e. The lowest BCUT2D eigenvalue weighted by molar-refractivity contribution is -0.142. The molecule has 0 aromatic carbocycles. The summed E-state index contributed by atoms with van der Waals surface area (Å²) in [5.74, 6) is 6.95. The minimum absolute atomic E-state index is 0.230. The third-order valence-corrected chi connectivity index (χ3v) is 2.18. The minimum atomic E-state index is -0.230. The van der Waals surface area contributed by atoms with Crippen molar-refractivity contribution in [2.45, 2.75) is 26.7 Å². The van der Waals surface area contributed by atoms with E-state index in [-0.39, 0.29) is 5.97 Å². The average molecular weight is 253 g/mol. The number of esters is 1. The first-order valence-electron chi connectivity index (χ1n) is 5.93. The van der Waals surface area contributed by atoms with Gasteiger partial charge in [-0.1, -0.05) is 6.92 Å². The Morgan fingerprint density at radius 1 is 1.39 bits per heavy atom. The fourth-order valence-corrected chi connectivity index (χ4v) is 1.35. The molecule has 0 fully saturated rings. The number of hydrazine groups is 1. The van der Waals surface area contributed by atoms with Crippen molar-refractivity contribution in [3.63, 3.8) is 0 Å². The molecular weight excluding hydrogens is 234 g/mol. The molecule has 7 nitrogen and oxygen atoms in total. The summed E-state index contributed by atoms with van der Waals surface area (Å²) < 4.78 is 4.83. The number of nitrogens with two attached hydrogens (primary N) is 1. The van der Waals surface area contributed by atoms with Crippen LogP contribution in [-0.4, -0.2) is 29.1 Å². The normalized spacial score (nSPS) is 9.94. The summed E-state index contributed by atoms with van der Waals surface area (Å²) in [6.07, 6.45) is 1.01. The Hall–Kier alpha value is -1.89. The Morgan fingerprint density at radius 3 is 2.72 bits per heavy atom. The molecule has 1 aromatic rings. The van der Waals surface area contributed by atoms with Crippen LogP contribution in [0.3, 0.4) is 0 Å². The number of nitrogens with zero attached hydrogens (tertiary/aromatic N) is 2. The van der Waals surface area contributed by atoms with Gasteiger partial charge in [-0.15, -0.1) is 0 Å². The van der Waals surface area contributed by atoms with E-state index < -0.39 is 0 Å². The van der Waals surface area contributed by atoms with Crippen LogP contribution in [0.1, 0.15) is 26.1 Å². The van der Waals surface area contributed by atoms with Gasteiger partial charge in [0.1, 0.15) is 17.5 Å². The summed E-state index contributed by atoms with van der Waals surface area (Å²) in [5, 5.41) is 3.04. The van der Waals surface area contributed by atoms with Crippen molar-refractivity contribution in [3.8, 4) is 0 Å². The second-order valence-corrected chi connectivity index (χ2v) is 3.53. The average Bonchev–Trinajstić information content (AvgIpc) is 2.38. The zero-order valence-corrected chi connectivity index (χ0v) is 10.7. The van der Waals surface area contributed by atoms with Crippen molar-refractivity contribution in [1.29, 1.82) is 0 Å². The minimum Gasteiger partial charge on any atom is -0.466 e. The van der Waals surface area contributed by atoms with Crippen LogP contribution in [0.2, 0.25) is 0 Å². The molecule has 0 amide bonds. The molecular formula is C11H19N5O2. The first kappa shape index (κ1) is 14.2. The van der Waals surface area contributed by atoms with Crippen molar-refractivity contribution in [3.05, 3.63) is 11.9 Å². The Labute approximate surface area is 106 Å². The van der Waals surface area contributed by atoms with Crippen molar-refractivity contribution >= 4 is 17.6 Å². The molecule has 0 saturated heterocycles. The van der Waals surface area contributed by atoms with E-state index in [0.717, 1.165) is 0 Å². The number of ether oxygens (including phenoxy) is 1. The number of aryl methyl sites for hydroxylation is 1. The van der Waals surface area contributed by atoms with Gasteiger partial charge in [0.2, 0.25) is 0 Å². The molecule has 18 heavy (non-hydrogen) atoms. The molecule has 1 heterocycles. The molecule has 0 saturated carbocycles. The molecule has 1 rings (SSSR count). The summed E-state index contributed by atoms with van der Waals surface area (Å²) in [4.78, 5) is 19.6. The number of carbonyl (C=O) groups is 1. The summed E-state index contributed by atoms with van der Waals surface area (Å²) in [6, 6.07) is 1.68. The summed E-state index contributed by atoms with van der Waals surface area (Å²) in [7, 11) is 0. The van der Waals surface area contributed by atoms with Crippen molar-refractivity contribution in [1.82, 2.24) is 9.97 Å². The Kier molecular flexibility index (Phi) is 5.86. The van der Waals surface area contributed by atoms with E-state index in [9.17, 15) is 4.79 Å². The Bertz CT molecular complexity index is 375. The first-order valence-corrected chi connectivity index (χ1v) is 5.93. The van der Waals surface area contributed by atoms with Gasteiger partial charge in [0.25, 0.3) is 0 Å². The number of nitrogen functional groups attached to an aromatic ring is 1. The number of aromatic nitrogens is 2. The second kappa shape index (κ2) is 7.44. The van der Waals surface area contributed by atoms with Crippen molar-refractivity contribution < 1.29 is 9.53 Å². The van der Waals surface area contributed by atoms with Crippen LogP contribution in [0.4, 0.5) is 11.6 Å². The highest BCUT2D eigenvalue weighted by Gasteiger charge is 2.04. The number of nitrogens with one attached hydrogen (secondary N) is 2. The van der Waals surface area contributed by atoms with Crippen LogP contribution < -0.4 is 16.6 Å². The van der Waals surface area contributed by atoms with E-state index >= 15 is 0 Å². The van der Waals surface area contributed by atoms with Gasteiger partial charge in [0, 0.05) is 19.0 Å². The summed E-state index contributed by atoms with van der Waals surface area (Å²) in [6.45, 7) is 4.59. The SMILES string of the molecule is CCOC(=O)CCNc1cc(NN)nc(CC)n1. The standard InChI is InChI=1S/C11H19N5O2/c1-3-8-14-9(7-10(15-8)16-12)13-6-5-11(17)18-4-2/h7H,3-6,12H2,1-2H3,(H2,13,14,15,16).